The van der Waals surface area contributed by atoms with Gasteiger partial charge in [0.15, 0.2) is 0 Å². The minimum Gasteiger partial charge on any atom is -0.356 e. The third-order valence-electron chi connectivity index (χ3n) is 6.06. The van der Waals surface area contributed by atoms with Gasteiger partial charge in [0.1, 0.15) is 5.54 Å². The van der Waals surface area contributed by atoms with Crippen LogP contribution >= 0.6 is 11.6 Å². The number of aromatic amines is 1. The topological polar surface area (TPSA) is 40.3 Å². The number of nitrogens with one attached hydrogen (secondary N) is 2. The van der Waals surface area contributed by atoms with Gasteiger partial charge in [0.25, 0.3) is 0 Å². The van der Waals surface area contributed by atoms with Crippen LogP contribution in [-0.2, 0) is 16.8 Å². The minimum atomic E-state index is -0.207. The fourth-order valence-electron chi connectivity index (χ4n) is 5.03. The third-order valence-corrected chi connectivity index (χ3v) is 6.32. The van der Waals surface area contributed by atoms with E-state index < -0.39 is 0 Å². The van der Waals surface area contributed by atoms with E-state index in [9.17, 15) is 0 Å². The zero-order chi connectivity index (χ0) is 19.1. The maximum absolute atomic E-state index is 6.53. The van der Waals surface area contributed by atoms with E-state index in [0.717, 1.165) is 32.5 Å². The predicted molar refractivity (Wildman–Crippen MR) is 112 cm³/mol. The molecule has 0 radical (unpaired) electrons. The number of halogens is 1. The normalized spacial score (nSPS) is 26.6. The number of fused-ring (bicyclic) bond motifs is 2. The van der Waals surface area contributed by atoms with E-state index in [2.05, 4.69) is 60.4 Å². The molecule has 1 aromatic carbocycles. The smallest absolute Gasteiger partial charge is 0.101 e. The molecule has 4 nitrogen and oxygen atoms in total. The molecule has 2 saturated heterocycles. The molecule has 0 bridgehead atoms. The second-order valence-corrected chi connectivity index (χ2v) is 9.38. The Morgan fingerprint density at radius 3 is 2.85 bits per heavy atom. The van der Waals surface area contributed by atoms with Gasteiger partial charge in [0.2, 0.25) is 0 Å². The Balaban J connectivity index is 1.86. The van der Waals surface area contributed by atoms with E-state index in [0.29, 0.717) is 11.8 Å². The number of nitrogens with zero attached hydrogens (tertiary/aromatic N) is 1. The van der Waals surface area contributed by atoms with Gasteiger partial charge in [-0.3, -0.25) is 4.84 Å². The summed E-state index contributed by atoms with van der Waals surface area (Å²) in [5.41, 5.74) is 3.64. The number of rotatable bonds is 5. The molecule has 2 aromatic rings. The lowest BCUT2D eigenvalue weighted by molar-refractivity contribution is -0.273. The number of hydrogen-bond acceptors (Lipinski definition) is 3. The Labute approximate surface area is 167 Å². The summed E-state index contributed by atoms with van der Waals surface area (Å²) in [4.78, 5) is 10.3. The summed E-state index contributed by atoms with van der Waals surface area (Å²) >= 11 is 6.08. The summed E-state index contributed by atoms with van der Waals surface area (Å²) in [6, 6.07) is 8.68. The molecule has 148 valence electrons. The van der Waals surface area contributed by atoms with Gasteiger partial charge in [-0.15, -0.1) is 11.6 Å². The highest BCUT2D eigenvalue weighted by Crippen LogP contribution is 2.49. The van der Waals surface area contributed by atoms with Crippen LogP contribution in [0.15, 0.2) is 24.3 Å². The molecule has 2 aliphatic heterocycles. The number of aryl methyl sites for hydroxylation is 1. The summed E-state index contributed by atoms with van der Waals surface area (Å²) in [7, 11) is 0. The van der Waals surface area contributed by atoms with Crippen molar-refractivity contribution >= 4 is 22.5 Å². The highest BCUT2D eigenvalue weighted by atomic mass is 35.5. The Hall–Kier alpha value is -1.07. The zero-order valence-electron chi connectivity index (χ0n) is 16.8. The molecule has 4 rings (SSSR count). The lowest BCUT2D eigenvalue weighted by Gasteiger charge is -2.46. The van der Waals surface area contributed by atoms with Crippen molar-refractivity contribution in [1.82, 2.24) is 15.4 Å². The van der Waals surface area contributed by atoms with Gasteiger partial charge >= 0.3 is 0 Å². The van der Waals surface area contributed by atoms with Crippen LogP contribution in [0.3, 0.4) is 0 Å². The summed E-state index contributed by atoms with van der Waals surface area (Å²) in [5.74, 6) is 1.29. The molecule has 2 fully saturated rings. The maximum Gasteiger partial charge on any atom is 0.101 e. The van der Waals surface area contributed by atoms with E-state index >= 15 is 0 Å². The third kappa shape index (κ3) is 3.42. The van der Waals surface area contributed by atoms with Crippen LogP contribution in [0.5, 0.6) is 0 Å². The molecule has 2 N–H and O–H groups in total. The molecular weight excluding hydrogens is 358 g/mol. The largest absolute Gasteiger partial charge is 0.356 e. The van der Waals surface area contributed by atoms with Crippen molar-refractivity contribution in [1.29, 1.82) is 0 Å². The number of alkyl halides is 1. The zero-order valence-corrected chi connectivity index (χ0v) is 17.5. The van der Waals surface area contributed by atoms with Crippen LogP contribution < -0.4 is 5.32 Å². The van der Waals surface area contributed by atoms with Crippen molar-refractivity contribution in [3.63, 3.8) is 0 Å². The molecule has 0 amide bonds. The second kappa shape index (κ2) is 7.40. The standard InChI is InChI=1S/C22H32ClN3O/c1-21(2,3)27-26-14-11-16-10-13-24-15-22(16,26)20-18(8-6-12-23)17-7-4-5-9-19(17)25-20/h4-5,7,9,16,24-25H,6,8,10-15H2,1-3H3. The fraction of sp³-hybridized carbons (Fsp3) is 0.636. The quantitative estimate of drug-likeness (QED) is 0.735. The first kappa shape index (κ1) is 19.3. The second-order valence-electron chi connectivity index (χ2n) is 9.00. The number of piperidine rings is 1. The summed E-state index contributed by atoms with van der Waals surface area (Å²) in [5, 5.41) is 7.29. The van der Waals surface area contributed by atoms with Crippen LogP contribution in [0.2, 0.25) is 0 Å². The number of aromatic nitrogens is 1. The van der Waals surface area contributed by atoms with Crippen molar-refractivity contribution in [2.75, 3.05) is 25.5 Å². The molecule has 3 heterocycles. The van der Waals surface area contributed by atoms with Crippen LogP contribution in [0, 0.1) is 5.92 Å². The first-order valence-corrected chi connectivity index (χ1v) is 10.8. The Bertz CT molecular complexity index is 796. The number of hydrogen-bond donors (Lipinski definition) is 2. The predicted octanol–water partition coefficient (Wildman–Crippen LogP) is 4.58. The molecule has 0 aliphatic carbocycles. The Morgan fingerprint density at radius 2 is 2.07 bits per heavy atom. The first-order chi connectivity index (χ1) is 13.0. The van der Waals surface area contributed by atoms with Gasteiger partial charge in [-0.05, 0) is 70.5 Å². The molecule has 0 saturated carbocycles. The van der Waals surface area contributed by atoms with Gasteiger partial charge in [-0.1, -0.05) is 18.2 Å². The molecule has 5 heteroatoms. The fourth-order valence-corrected chi connectivity index (χ4v) is 5.17. The number of para-hydroxylation sites is 1. The number of hydroxylamine groups is 2. The SMILES string of the molecule is CC(C)(C)ON1CCC2CCNCC21c1[nH]c2ccccc2c1CCCCl. The highest BCUT2D eigenvalue weighted by Gasteiger charge is 2.54. The van der Waals surface area contributed by atoms with Crippen molar-refractivity contribution in [2.45, 2.75) is 57.6 Å². The minimum absolute atomic E-state index is 0.133. The molecule has 2 unspecified atom stereocenters. The molecule has 27 heavy (non-hydrogen) atoms. The monoisotopic (exact) mass is 389 g/mol. The van der Waals surface area contributed by atoms with Crippen LogP contribution in [-0.4, -0.2) is 41.2 Å². The lowest BCUT2D eigenvalue weighted by atomic mass is 9.76. The average Bonchev–Trinajstić information content (AvgIpc) is 3.18. The van der Waals surface area contributed by atoms with Crippen molar-refractivity contribution < 1.29 is 4.84 Å². The van der Waals surface area contributed by atoms with E-state index in [1.165, 1.54) is 35.0 Å². The van der Waals surface area contributed by atoms with E-state index in [1.54, 1.807) is 0 Å². The van der Waals surface area contributed by atoms with Gasteiger partial charge in [-0.2, -0.15) is 5.06 Å². The molecule has 2 aliphatic rings. The molecule has 2 atom stereocenters. The van der Waals surface area contributed by atoms with E-state index in [1.807, 2.05) is 0 Å². The van der Waals surface area contributed by atoms with Crippen LogP contribution in [0.1, 0.15) is 51.3 Å². The summed E-state index contributed by atoms with van der Waals surface area (Å²) < 4.78 is 0. The molecular formula is C22H32ClN3O. The van der Waals surface area contributed by atoms with Gasteiger partial charge in [-0.25, -0.2) is 0 Å². The van der Waals surface area contributed by atoms with Gasteiger partial charge in [0.05, 0.1) is 5.60 Å². The Kier molecular flexibility index (Phi) is 5.28. The average molecular weight is 390 g/mol. The maximum atomic E-state index is 6.53. The summed E-state index contributed by atoms with van der Waals surface area (Å²) in [6.07, 6.45) is 4.36. The van der Waals surface area contributed by atoms with E-state index in [4.69, 9.17) is 16.4 Å². The van der Waals surface area contributed by atoms with E-state index in [-0.39, 0.29) is 11.1 Å². The van der Waals surface area contributed by atoms with Crippen LogP contribution in [0.4, 0.5) is 0 Å². The highest BCUT2D eigenvalue weighted by molar-refractivity contribution is 6.17. The van der Waals surface area contributed by atoms with Crippen molar-refractivity contribution in [2.24, 2.45) is 5.92 Å². The molecule has 1 aromatic heterocycles. The van der Waals surface area contributed by atoms with Crippen molar-refractivity contribution in [3.8, 4) is 0 Å². The van der Waals surface area contributed by atoms with Gasteiger partial charge < -0.3 is 10.3 Å². The summed E-state index contributed by atoms with van der Waals surface area (Å²) in [6.45, 7) is 9.42. The Morgan fingerprint density at radius 1 is 1.26 bits per heavy atom. The number of H-pyrrole nitrogens is 1. The lowest BCUT2D eigenvalue weighted by Crippen LogP contribution is -2.57. The molecule has 0 spiro atoms. The van der Waals surface area contributed by atoms with Gasteiger partial charge in [0, 0.05) is 35.6 Å². The van der Waals surface area contributed by atoms with Crippen molar-refractivity contribution in [3.05, 3.63) is 35.5 Å². The first-order valence-electron chi connectivity index (χ1n) is 10.3. The van der Waals surface area contributed by atoms with Crippen LogP contribution in [0.25, 0.3) is 10.9 Å². The number of benzene rings is 1.